The highest BCUT2D eigenvalue weighted by Gasteiger charge is 2.31. The van der Waals surface area contributed by atoms with Gasteiger partial charge in [0.25, 0.3) is 0 Å². The molecule has 0 spiro atoms. The summed E-state index contributed by atoms with van der Waals surface area (Å²) < 4.78 is 5.22. The van der Waals surface area contributed by atoms with Gasteiger partial charge in [-0.3, -0.25) is 4.90 Å². The molecule has 2 aromatic rings. The first-order valence-corrected chi connectivity index (χ1v) is 8.94. The Kier molecular flexibility index (Phi) is 4.62. The topological polar surface area (TPSA) is 74.9 Å². The lowest BCUT2D eigenvalue weighted by atomic mass is 10.2. The molecule has 1 aromatic heterocycles. The molecule has 0 unspecified atom stereocenters. The fourth-order valence-corrected chi connectivity index (χ4v) is 3.43. The van der Waals surface area contributed by atoms with E-state index in [2.05, 4.69) is 26.9 Å². The summed E-state index contributed by atoms with van der Waals surface area (Å²) in [5.41, 5.74) is 7.61. The molecule has 1 aromatic carbocycles. The minimum Gasteiger partial charge on any atom is -0.443 e. The molecule has 26 heavy (non-hydrogen) atoms. The largest absolute Gasteiger partial charge is 0.443 e. The maximum Gasteiger partial charge on any atom is 0.414 e. The smallest absolute Gasteiger partial charge is 0.414 e. The molecular weight excluding hydrogens is 330 g/mol. The van der Waals surface area contributed by atoms with Gasteiger partial charge in [0.15, 0.2) is 0 Å². The number of carbonyl (C=O) groups is 1. The average molecular weight is 353 g/mol. The van der Waals surface area contributed by atoms with E-state index in [0.717, 1.165) is 43.4 Å². The number of nitrogens with zero attached hydrogens (tertiary/aromatic N) is 4. The van der Waals surface area contributed by atoms with E-state index in [0.29, 0.717) is 13.1 Å². The number of hydrogen-bond acceptors (Lipinski definition) is 6. The molecule has 0 saturated carbocycles. The number of cyclic esters (lactones) is 1. The van der Waals surface area contributed by atoms with Crippen molar-refractivity contribution in [2.45, 2.75) is 6.10 Å². The van der Waals surface area contributed by atoms with E-state index in [1.165, 1.54) is 0 Å². The van der Waals surface area contributed by atoms with Gasteiger partial charge in [-0.25, -0.2) is 9.78 Å². The third-order valence-electron chi connectivity index (χ3n) is 4.92. The normalized spacial score (nSPS) is 20.4. The van der Waals surface area contributed by atoms with E-state index in [4.69, 9.17) is 10.5 Å². The summed E-state index contributed by atoms with van der Waals surface area (Å²) >= 11 is 0. The maximum atomic E-state index is 11.9. The second-order valence-electron chi connectivity index (χ2n) is 6.53. The van der Waals surface area contributed by atoms with Crippen molar-refractivity contribution in [1.82, 2.24) is 4.98 Å². The first-order chi connectivity index (χ1) is 12.7. The zero-order valence-corrected chi connectivity index (χ0v) is 14.6. The summed E-state index contributed by atoms with van der Waals surface area (Å²) in [4.78, 5) is 22.7. The number of benzene rings is 1. The Hall–Kier alpha value is -2.80. The second-order valence-corrected chi connectivity index (χ2v) is 6.53. The van der Waals surface area contributed by atoms with Crippen molar-refractivity contribution in [3.05, 3.63) is 48.7 Å². The summed E-state index contributed by atoms with van der Waals surface area (Å²) in [7, 11) is 0. The van der Waals surface area contributed by atoms with Gasteiger partial charge >= 0.3 is 6.09 Å². The van der Waals surface area contributed by atoms with Crippen LogP contribution in [0.5, 0.6) is 0 Å². The van der Waals surface area contributed by atoms with Crippen LogP contribution in [0.4, 0.5) is 22.0 Å². The molecule has 7 heteroatoms. The number of ether oxygens (including phenoxy) is 1. The molecule has 2 saturated heterocycles. The van der Waals surface area contributed by atoms with Gasteiger partial charge in [0.1, 0.15) is 11.9 Å². The SMILES string of the molecule is NC[C@H]1CN(c2ccc(N3CCN(c4ccccn4)CC3)cc2)C(=O)O1. The van der Waals surface area contributed by atoms with E-state index in [9.17, 15) is 4.79 Å². The minimum absolute atomic E-state index is 0.221. The number of nitrogens with two attached hydrogens (primary N) is 1. The molecule has 2 N–H and O–H groups in total. The van der Waals surface area contributed by atoms with E-state index in [1.807, 2.05) is 36.5 Å². The number of pyridine rings is 1. The van der Waals surface area contributed by atoms with Crippen LogP contribution in [-0.2, 0) is 4.74 Å². The third kappa shape index (κ3) is 3.30. The van der Waals surface area contributed by atoms with E-state index in [1.54, 1.807) is 4.90 Å². The zero-order chi connectivity index (χ0) is 17.9. The molecule has 0 aliphatic carbocycles. The molecule has 3 heterocycles. The van der Waals surface area contributed by atoms with Crippen LogP contribution in [0.3, 0.4) is 0 Å². The van der Waals surface area contributed by atoms with Crippen molar-refractivity contribution < 1.29 is 9.53 Å². The maximum absolute atomic E-state index is 11.9. The van der Waals surface area contributed by atoms with E-state index in [-0.39, 0.29) is 12.2 Å². The van der Waals surface area contributed by atoms with Gasteiger partial charge in [0, 0.05) is 50.3 Å². The van der Waals surface area contributed by atoms with Gasteiger partial charge in [0.2, 0.25) is 0 Å². The van der Waals surface area contributed by atoms with Gasteiger partial charge < -0.3 is 20.3 Å². The lowest BCUT2D eigenvalue weighted by Gasteiger charge is -2.36. The van der Waals surface area contributed by atoms with E-state index >= 15 is 0 Å². The quantitative estimate of drug-likeness (QED) is 0.902. The molecule has 2 aliphatic rings. The Morgan fingerprint density at radius 3 is 2.31 bits per heavy atom. The number of amides is 1. The summed E-state index contributed by atoms with van der Waals surface area (Å²) in [5, 5.41) is 0. The summed E-state index contributed by atoms with van der Waals surface area (Å²) in [5.74, 6) is 1.03. The van der Waals surface area contributed by atoms with Crippen molar-refractivity contribution in [2.24, 2.45) is 5.73 Å². The van der Waals surface area contributed by atoms with Gasteiger partial charge in [0.05, 0.1) is 6.54 Å². The van der Waals surface area contributed by atoms with Crippen LogP contribution < -0.4 is 20.4 Å². The Bertz CT molecular complexity index is 744. The van der Waals surface area contributed by atoms with Gasteiger partial charge in [-0.05, 0) is 36.4 Å². The molecule has 1 atom stereocenters. The molecule has 7 nitrogen and oxygen atoms in total. The fourth-order valence-electron chi connectivity index (χ4n) is 3.43. The van der Waals surface area contributed by atoms with Gasteiger partial charge in [-0.15, -0.1) is 0 Å². The Labute approximate surface area is 153 Å². The van der Waals surface area contributed by atoms with Crippen molar-refractivity contribution in [2.75, 3.05) is 54.0 Å². The molecular formula is C19H23N5O2. The highest BCUT2D eigenvalue weighted by atomic mass is 16.6. The first kappa shape index (κ1) is 16.7. The predicted octanol–water partition coefficient (Wildman–Crippen LogP) is 1.69. The molecule has 0 radical (unpaired) electrons. The fraction of sp³-hybridized carbons (Fsp3) is 0.368. The molecule has 2 aliphatic heterocycles. The lowest BCUT2D eigenvalue weighted by Crippen LogP contribution is -2.46. The van der Waals surface area contributed by atoms with Crippen molar-refractivity contribution >= 4 is 23.3 Å². The van der Waals surface area contributed by atoms with Crippen LogP contribution in [-0.4, -0.2) is 56.4 Å². The summed E-state index contributed by atoms with van der Waals surface area (Å²) in [6.45, 7) is 4.62. The van der Waals surface area contributed by atoms with Crippen LogP contribution in [0, 0.1) is 0 Å². The summed E-state index contributed by atoms with van der Waals surface area (Å²) in [6.07, 6.45) is 1.29. The number of aromatic nitrogens is 1. The number of anilines is 3. The van der Waals surface area contributed by atoms with Gasteiger partial charge in [-0.1, -0.05) is 6.07 Å². The minimum atomic E-state index is -0.322. The number of hydrogen-bond donors (Lipinski definition) is 1. The first-order valence-electron chi connectivity index (χ1n) is 8.94. The van der Waals surface area contributed by atoms with Crippen LogP contribution in [0.1, 0.15) is 0 Å². The number of piperazine rings is 1. The molecule has 1 amide bonds. The third-order valence-corrected chi connectivity index (χ3v) is 4.92. The number of rotatable bonds is 4. The predicted molar refractivity (Wildman–Crippen MR) is 102 cm³/mol. The monoisotopic (exact) mass is 353 g/mol. The van der Waals surface area contributed by atoms with Crippen LogP contribution >= 0.6 is 0 Å². The van der Waals surface area contributed by atoms with Gasteiger partial charge in [-0.2, -0.15) is 0 Å². The molecule has 136 valence electrons. The van der Waals surface area contributed by atoms with Crippen LogP contribution in [0.15, 0.2) is 48.7 Å². The Morgan fingerprint density at radius 2 is 1.69 bits per heavy atom. The molecule has 0 bridgehead atoms. The van der Waals surface area contributed by atoms with Crippen molar-refractivity contribution in [3.63, 3.8) is 0 Å². The van der Waals surface area contributed by atoms with Crippen LogP contribution in [0.2, 0.25) is 0 Å². The van der Waals surface area contributed by atoms with Crippen LogP contribution in [0.25, 0.3) is 0 Å². The van der Waals surface area contributed by atoms with Crippen molar-refractivity contribution in [3.8, 4) is 0 Å². The van der Waals surface area contributed by atoms with Crippen molar-refractivity contribution in [1.29, 1.82) is 0 Å². The Balaban J connectivity index is 1.38. The zero-order valence-electron chi connectivity index (χ0n) is 14.6. The average Bonchev–Trinajstić information content (AvgIpc) is 3.10. The molecule has 4 rings (SSSR count). The Morgan fingerprint density at radius 1 is 1.00 bits per heavy atom. The standard InChI is InChI=1S/C19H23N5O2/c20-13-17-14-24(19(25)26-17)16-6-4-15(5-7-16)22-9-11-23(12-10-22)18-3-1-2-8-21-18/h1-8,17H,9-14,20H2/t17-/m0/s1. The number of carbonyl (C=O) groups excluding carboxylic acids is 1. The lowest BCUT2D eigenvalue weighted by molar-refractivity contribution is 0.145. The summed E-state index contributed by atoms with van der Waals surface area (Å²) in [6, 6.07) is 14.1. The second kappa shape index (κ2) is 7.21. The highest BCUT2D eigenvalue weighted by Crippen LogP contribution is 2.25. The highest BCUT2D eigenvalue weighted by molar-refractivity contribution is 5.90. The molecule has 2 fully saturated rings. The van der Waals surface area contributed by atoms with E-state index < -0.39 is 0 Å².